The first kappa shape index (κ1) is 14.3. The van der Waals surface area contributed by atoms with Crippen molar-refractivity contribution in [3.05, 3.63) is 24.3 Å². The van der Waals surface area contributed by atoms with Gasteiger partial charge in [-0.15, -0.1) is 5.10 Å². The van der Waals surface area contributed by atoms with Gasteiger partial charge in [0.05, 0.1) is 19.2 Å². The molecule has 0 spiro atoms. The van der Waals surface area contributed by atoms with Crippen molar-refractivity contribution in [3.63, 3.8) is 0 Å². The third kappa shape index (κ3) is 3.47. The molecular formula is C12H14N4O3S. The van der Waals surface area contributed by atoms with Crippen LogP contribution in [-0.4, -0.2) is 43.6 Å². The van der Waals surface area contributed by atoms with E-state index in [0.717, 1.165) is 5.69 Å². The number of tetrazole rings is 1. The first-order chi connectivity index (χ1) is 9.60. The zero-order chi connectivity index (χ0) is 14.5. The number of benzene rings is 1. The van der Waals surface area contributed by atoms with Gasteiger partial charge in [-0.05, 0) is 34.7 Å². The van der Waals surface area contributed by atoms with E-state index in [1.165, 1.54) is 18.9 Å². The van der Waals surface area contributed by atoms with Crippen molar-refractivity contribution in [2.24, 2.45) is 0 Å². The summed E-state index contributed by atoms with van der Waals surface area (Å²) in [4.78, 5) is 11.2. The fourth-order valence-electron chi connectivity index (χ4n) is 1.55. The van der Waals surface area contributed by atoms with Gasteiger partial charge in [0, 0.05) is 5.25 Å². The third-order valence-electron chi connectivity index (χ3n) is 2.52. The van der Waals surface area contributed by atoms with E-state index in [-0.39, 0.29) is 23.4 Å². The SMILES string of the molecule is COC(=O)CC(C)Sc1nnnn1-c1ccc(O)cc1. The molecule has 0 bridgehead atoms. The number of hydrogen-bond acceptors (Lipinski definition) is 7. The Morgan fingerprint density at radius 2 is 2.15 bits per heavy atom. The molecule has 20 heavy (non-hydrogen) atoms. The maximum absolute atomic E-state index is 11.2. The molecule has 0 aliphatic heterocycles. The summed E-state index contributed by atoms with van der Waals surface area (Å²) in [6.07, 6.45) is 0.281. The summed E-state index contributed by atoms with van der Waals surface area (Å²) in [6.45, 7) is 1.90. The molecule has 1 unspecified atom stereocenters. The predicted octanol–water partition coefficient (Wildman–Crippen LogP) is 1.41. The number of ether oxygens (including phenoxy) is 1. The molecule has 0 saturated carbocycles. The molecule has 1 aromatic heterocycles. The summed E-state index contributed by atoms with van der Waals surface area (Å²) in [7, 11) is 1.36. The molecule has 0 fully saturated rings. The van der Waals surface area contributed by atoms with E-state index in [2.05, 4.69) is 20.3 Å². The Balaban J connectivity index is 2.12. The maximum Gasteiger partial charge on any atom is 0.306 e. The van der Waals surface area contributed by atoms with Gasteiger partial charge in [-0.1, -0.05) is 18.7 Å². The molecule has 0 aliphatic carbocycles. The minimum absolute atomic E-state index is 0.00989. The quantitative estimate of drug-likeness (QED) is 0.658. The van der Waals surface area contributed by atoms with Gasteiger partial charge < -0.3 is 9.84 Å². The second-order valence-corrected chi connectivity index (χ2v) is 5.50. The molecule has 7 nitrogen and oxygen atoms in total. The highest BCUT2D eigenvalue weighted by molar-refractivity contribution is 7.99. The number of aromatic hydroxyl groups is 1. The van der Waals surface area contributed by atoms with E-state index in [4.69, 9.17) is 0 Å². The highest BCUT2D eigenvalue weighted by atomic mass is 32.2. The molecule has 0 radical (unpaired) electrons. The van der Waals surface area contributed by atoms with Gasteiger partial charge in [-0.25, -0.2) is 0 Å². The standard InChI is InChI=1S/C12H14N4O3S/c1-8(7-11(18)19-2)20-12-13-14-15-16(12)9-3-5-10(17)6-4-9/h3-6,8,17H,7H2,1-2H3. The Bertz CT molecular complexity index is 585. The zero-order valence-electron chi connectivity index (χ0n) is 11.1. The Morgan fingerprint density at radius 1 is 1.45 bits per heavy atom. The Hall–Kier alpha value is -2.09. The number of phenolic OH excluding ortho intramolecular Hbond substituents is 1. The van der Waals surface area contributed by atoms with Gasteiger partial charge >= 0.3 is 5.97 Å². The average Bonchev–Trinajstić information content (AvgIpc) is 2.87. The summed E-state index contributed by atoms with van der Waals surface area (Å²) in [5, 5.41) is 21.3. The molecule has 0 aliphatic rings. The molecule has 2 aromatic rings. The van der Waals surface area contributed by atoms with Crippen LogP contribution in [0.3, 0.4) is 0 Å². The van der Waals surface area contributed by atoms with Crippen LogP contribution in [0.1, 0.15) is 13.3 Å². The fourth-order valence-corrected chi connectivity index (χ4v) is 2.45. The number of methoxy groups -OCH3 is 1. The van der Waals surface area contributed by atoms with Crippen molar-refractivity contribution in [2.75, 3.05) is 7.11 Å². The lowest BCUT2D eigenvalue weighted by Gasteiger charge is -2.09. The molecular weight excluding hydrogens is 280 g/mol. The van der Waals surface area contributed by atoms with Gasteiger partial charge in [0.25, 0.3) is 0 Å². The molecule has 2 rings (SSSR count). The Labute approximate surface area is 119 Å². The van der Waals surface area contributed by atoms with Crippen molar-refractivity contribution in [1.82, 2.24) is 20.2 Å². The second-order valence-electron chi connectivity index (χ2n) is 4.10. The minimum atomic E-state index is -0.270. The topological polar surface area (TPSA) is 90.1 Å². The zero-order valence-corrected chi connectivity index (χ0v) is 11.9. The van der Waals surface area contributed by atoms with Crippen LogP contribution in [0.25, 0.3) is 5.69 Å². The van der Waals surface area contributed by atoms with Crippen molar-refractivity contribution in [2.45, 2.75) is 23.8 Å². The second kappa shape index (κ2) is 6.38. The predicted molar refractivity (Wildman–Crippen MR) is 72.8 cm³/mol. The van der Waals surface area contributed by atoms with Gasteiger partial charge in [0.15, 0.2) is 0 Å². The molecule has 8 heteroatoms. The molecule has 1 heterocycles. The number of hydrogen-bond donors (Lipinski definition) is 1. The van der Waals surface area contributed by atoms with Gasteiger partial charge in [-0.2, -0.15) is 4.68 Å². The van der Waals surface area contributed by atoms with Crippen molar-refractivity contribution in [1.29, 1.82) is 0 Å². The summed E-state index contributed by atoms with van der Waals surface area (Å²) in [5.41, 5.74) is 0.737. The number of esters is 1. The van der Waals surface area contributed by atoms with Gasteiger partial charge in [0.1, 0.15) is 5.75 Å². The molecule has 1 aromatic carbocycles. The van der Waals surface area contributed by atoms with Crippen LogP contribution in [-0.2, 0) is 9.53 Å². The van der Waals surface area contributed by atoms with Crippen LogP contribution in [0.5, 0.6) is 5.75 Å². The highest BCUT2D eigenvalue weighted by Crippen LogP contribution is 2.25. The number of carbonyl (C=O) groups is 1. The van der Waals surface area contributed by atoms with Crippen LogP contribution in [0, 0.1) is 0 Å². The number of rotatable bonds is 5. The van der Waals surface area contributed by atoms with Crippen LogP contribution in [0.2, 0.25) is 0 Å². The molecule has 0 amide bonds. The first-order valence-corrected chi connectivity index (χ1v) is 6.79. The van der Waals surface area contributed by atoms with E-state index in [9.17, 15) is 9.90 Å². The summed E-state index contributed by atoms with van der Waals surface area (Å²) in [5.74, 6) is -0.0938. The number of carbonyl (C=O) groups excluding carboxylic acids is 1. The number of thioether (sulfide) groups is 1. The van der Waals surface area contributed by atoms with E-state index in [0.29, 0.717) is 5.16 Å². The Morgan fingerprint density at radius 3 is 2.80 bits per heavy atom. The van der Waals surface area contributed by atoms with E-state index in [1.807, 2.05) is 6.92 Å². The van der Waals surface area contributed by atoms with Gasteiger partial charge in [0.2, 0.25) is 5.16 Å². The largest absolute Gasteiger partial charge is 0.508 e. The van der Waals surface area contributed by atoms with Crippen molar-refractivity contribution >= 4 is 17.7 Å². The smallest absolute Gasteiger partial charge is 0.306 e. The van der Waals surface area contributed by atoms with E-state index >= 15 is 0 Å². The lowest BCUT2D eigenvalue weighted by Crippen LogP contribution is -2.10. The lowest BCUT2D eigenvalue weighted by molar-refractivity contribution is -0.140. The van der Waals surface area contributed by atoms with E-state index in [1.54, 1.807) is 28.9 Å². The van der Waals surface area contributed by atoms with Crippen molar-refractivity contribution < 1.29 is 14.6 Å². The third-order valence-corrected chi connectivity index (χ3v) is 3.56. The summed E-state index contributed by atoms with van der Waals surface area (Å²) >= 11 is 1.38. The number of nitrogens with zero attached hydrogens (tertiary/aromatic N) is 4. The van der Waals surface area contributed by atoms with Crippen LogP contribution in [0.15, 0.2) is 29.4 Å². The molecule has 1 N–H and O–H groups in total. The minimum Gasteiger partial charge on any atom is -0.508 e. The lowest BCUT2D eigenvalue weighted by atomic mass is 10.3. The Kier molecular flexibility index (Phi) is 4.57. The van der Waals surface area contributed by atoms with E-state index < -0.39 is 0 Å². The number of aromatic nitrogens is 4. The molecule has 1 atom stereocenters. The normalized spacial score (nSPS) is 12.1. The van der Waals surface area contributed by atoms with Gasteiger partial charge in [-0.3, -0.25) is 4.79 Å². The monoisotopic (exact) mass is 294 g/mol. The first-order valence-electron chi connectivity index (χ1n) is 5.91. The van der Waals surface area contributed by atoms with Crippen LogP contribution in [0.4, 0.5) is 0 Å². The highest BCUT2D eigenvalue weighted by Gasteiger charge is 2.16. The summed E-state index contributed by atoms with van der Waals surface area (Å²) in [6, 6.07) is 6.54. The van der Waals surface area contributed by atoms with Crippen LogP contribution >= 0.6 is 11.8 Å². The van der Waals surface area contributed by atoms with Crippen molar-refractivity contribution in [3.8, 4) is 11.4 Å². The average molecular weight is 294 g/mol. The number of phenols is 1. The fraction of sp³-hybridized carbons (Fsp3) is 0.333. The molecule has 0 saturated heterocycles. The molecule has 106 valence electrons. The van der Waals surface area contributed by atoms with Crippen LogP contribution < -0.4 is 0 Å². The summed E-state index contributed by atoms with van der Waals surface area (Å²) < 4.78 is 6.18. The maximum atomic E-state index is 11.2.